The molecule has 0 spiro atoms. The fraction of sp³-hybridized carbons (Fsp3) is 0.467. The van der Waals surface area contributed by atoms with E-state index in [9.17, 15) is 9.59 Å². The molecular weight excluding hydrogens is 498 g/mol. The van der Waals surface area contributed by atoms with Crippen LogP contribution < -0.4 is 19.8 Å². The third-order valence-electron chi connectivity index (χ3n) is 7.59. The van der Waals surface area contributed by atoms with Gasteiger partial charge in [-0.25, -0.2) is 0 Å². The zero-order valence-corrected chi connectivity index (χ0v) is 23.0. The molecule has 1 unspecified atom stereocenters. The number of nitrogens with zero attached hydrogens (tertiary/aromatic N) is 3. The Morgan fingerprint density at radius 3 is 2.62 bits per heavy atom. The van der Waals surface area contributed by atoms with E-state index in [0.29, 0.717) is 39.5 Å². The van der Waals surface area contributed by atoms with E-state index >= 15 is 0 Å². The quantitative estimate of drug-likeness (QED) is 0.387. The fourth-order valence-electron chi connectivity index (χ4n) is 5.45. The van der Waals surface area contributed by atoms with Crippen LogP contribution in [0.4, 0.5) is 0 Å². The Hall–Kier alpha value is -3.56. The van der Waals surface area contributed by atoms with Crippen molar-refractivity contribution >= 4 is 16.9 Å². The minimum atomic E-state index is -0.359. The summed E-state index contributed by atoms with van der Waals surface area (Å²) in [5, 5.41) is 1.03. The van der Waals surface area contributed by atoms with Gasteiger partial charge < -0.3 is 23.5 Å². The van der Waals surface area contributed by atoms with Crippen LogP contribution in [0, 0.1) is 6.92 Å². The van der Waals surface area contributed by atoms with Crippen LogP contribution in [0.15, 0.2) is 47.3 Å². The maximum atomic E-state index is 13.0. The second-order valence-electron chi connectivity index (χ2n) is 10.0. The zero-order chi connectivity index (χ0) is 27.4. The molecule has 0 N–H and O–H groups in total. The predicted molar refractivity (Wildman–Crippen MR) is 149 cm³/mol. The van der Waals surface area contributed by atoms with Crippen molar-refractivity contribution in [3.8, 4) is 17.2 Å². The Kier molecular flexibility index (Phi) is 8.38. The van der Waals surface area contributed by atoms with Crippen LogP contribution in [0.5, 0.6) is 17.2 Å². The van der Waals surface area contributed by atoms with Crippen LogP contribution in [0.3, 0.4) is 0 Å². The summed E-state index contributed by atoms with van der Waals surface area (Å²) in [4.78, 5) is 30.4. The van der Waals surface area contributed by atoms with Crippen molar-refractivity contribution in [3.05, 3.63) is 63.9 Å². The number of methoxy groups -OCH3 is 1. The second kappa shape index (κ2) is 12.1. The molecule has 1 saturated heterocycles. The van der Waals surface area contributed by atoms with E-state index in [1.54, 1.807) is 17.7 Å². The lowest BCUT2D eigenvalue weighted by molar-refractivity contribution is -0.152. The van der Waals surface area contributed by atoms with Gasteiger partial charge in [0.25, 0.3) is 5.56 Å². The number of aromatic nitrogens is 1. The van der Waals surface area contributed by atoms with E-state index in [1.807, 2.05) is 44.2 Å². The molecule has 0 saturated carbocycles. The first-order chi connectivity index (χ1) is 19.0. The van der Waals surface area contributed by atoms with Crippen molar-refractivity contribution in [2.75, 3.05) is 59.7 Å². The summed E-state index contributed by atoms with van der Waals surface area (Å²) in [6.45, 7) is 9.28. The number of piperazine rings is 1. The van der Waals surface area contributed by atoms with Gasteiger partial charge in [0.05, 0.1) is 19.2 Å². The third kappa shape index (κ3) is 6.04. The van der Waals surface area contributed by atoms with Gasteiger partial charge >= 0.3 is 5.97 Å². The van der Waals surface area contributed by atoms with Gasteiger partial charge in [-0.3, -0.25) is 19.4 Å². The minimum Gasteiger partial charge on any atom is -0.497 e. The number of fused-ring (bicyclic) bond motifs is 2. The highest BCUT2D eigenvalue weighted by molar-refractivity contribution is 5.83. The Bertz CT molecular complexity index is 1390. The van der Waals surface area contributed by atoms with Gasteiger partial charge in [-0.15, -0.1) is 0 Å². The molecule has 1 atom stereocenters. The van der Waals surface area contributed by atoms with E-state index in [2.05, 4.69) is 15.9 Å². The molecule has 2 aliphatic heterocycles. The standard InChI is InChI=1S/C30H37N3O6/c1-4-37-30(35)26-20-31(11-13-32(26)10-9-22-5-8-27-28(18-22)39-16-15-38-27)12-14-33-25-19-23(36-3)6-7-24(25)21(2)17-29(33)34/h5-8,17-19,26H,4,9-16,20H2,1-3H3. The first-order valence-corrected chi connectivity index (χ1v) is 13.7. The summed E-state index contributed by atoms with van der Waals surface area (Å²) in [6, 6.07) is 13.2. The number of rotatable bonds is 9. The maximum Gasteiger partial charge on any atom is 0.324 e. The molecule has 1 fully saturated rings. The molecule has 3 heterocycles. The van der Waals surface area contributed by atoms with Gasteiger partial charge in [-0.1, -0.05) is 6.07 Å². The number of hydrogen-bond donors (Lipinski definition) is 0. The van der Waals surface area contributed by atoms with Crippen LogP contribution in [0.2, 0.25) is 0 Å². The summed E-state index contributed by atoms with van der Waals surface area (Å²) >= 11 is 0. The van der Waals surface area contributed by atoms with E-state index in [-0.39, 0.29) is 17.6 Å². The van der Waals surface area contributed by atoms with Crippen molar-refractivity contribution in [2.45, 2.75) is 32.9 Å². The lowest BCUT2D eigenvalue weighted by atomic mass is 10.1. The average Bonchev–Trinajstić information content (AvgIpc) is 2.95. The Labute approximate surface area is 228 Å². The van der Waals surface area contributed by atoms with E-state index in [4.69, 9.17) is 18.9 Å². The monoisotopic (exact) mass is 535 g/mol. The molecule has 9 nitrogen and oxygen atoms in total. The first-order valence-electron chi connectivity index (χ1n) is 13.7. The van der Waals surface area contributed by atoms with Crippen molar-refractivity contribution < 1.29 is 23.7 Å². The zero-order valence-electron chi connectivity index (χ0n) is 23.0. The second-order valence-corrected chi connectivity index (χ2v) is 10.0. The molecule has 2 aliphatic rings. The molecule has 2 aromatic carbocycles. The molecule has 1 aromatic heterocycles. The van der Waals surface area contributed by atoms with Crippen molar-refractivity contribution in [3.63, 3.8) is 0 Å². The summed E-state index contributed by atoms with van der Waals surface area (Å²) in [7, 11) is 1.63. The highest BCUT2D eigenvalue weighted by Gasteiger charge is 2.33. The van der Waals surface area contributed by atoms with Crippen LogP contribution in [0.1, 0.15) is 18.1 Å². The molecule has 5 rings (SSSR count). The van der Waals surface area contributed by atoms with Crippen LogP contribution in [-0.2, 0) is 22.5 Å². The van der Waals surface area contributed by atoms with E-state index in [0.717, 1.165) is 65.3 Å². The average molecular weight is 536 g/mol. The minimum absolute atomic E-state index is 0.0340. The van der Waals surface area contributed by atoms with Crippen molar-refractivity contribution in [2.24, 2.45) is 0 Å². The van der Waals surface area contributed by atoms with Gasteiger partial charge in [-0.05, 0) is 55.7 Å². The topological polar surface area (TPSA) is 82.5 Å². The SMILES string of the molecule is CCOC(=O)C1CN(CCn2c(=O)cc(C)c3ccc(OC)cc32)CCN1CCc1ccc2c(c1)OCCO2. The third-order valence-corrected chi connectivity index (χ3v) is 7.59. The summed E-state index contributed by atoms with van der Waals surface area (Å²) < 4.78 is 24.0. The van der Waals surface area contributed by atoms with Crippen molar-refractivity contribution in [1.82, 2.24) is 14.4 Å². The Morgan fingerprint density at radius 1 is 1.00 bits per heavy atom. The Morgan fingerprint density at radius 2 is 1.82 bits per heavy atom. The fourth-order valence-corrected chi connectivity index (χ4v) is 5.45. The molecule has 0 radical (unpaired) electrons. The number of aryl methyl sites for hydroxylation is 1. The highest BCUT2D eigenvalue weighted by Crippen LogP contribution is 2.31. The summed E-state index contributed by atoms with van der Waals surface area (Å²) in [5.74, 6) is 2.08. The van der Waals surface area contributed by atoms with Gasteiger partial charge in [0.1, 0.15) is 25.0 Å². The molecule has 208 valence electrons. The van der Waals surface area contributed by atoms with Crippen LogP contribution in [0.25, 0.3) is 10.9 Å². The van der Waals surface area contributed by atoms with Gasteiger partial charge in [0, 0.05) is 56.8 Å². The first kappa shape index (κ1) is 27.0. The normalized spacial score (nSPS) is 17.8. The largest absolute Gasteiger partial charge is 0.497 e. The number of ether oxygens (including phenoxy) is 4. The van der Waals surface area contributed by atoms with Crippen LogP contribution in [-0.4, -0.2) is 86.0 Å². The molecule has 3 aromatic rings. The number of benzene rings is 2. The summed E-state index contributed by atoms with van der Waals surface area (Å²) in [6.07, 6.45) is 0.791. The highest BCUT2D eigenvalue weighted by atomic mass is 16.6. The Balaban J connectivity index is 1.27. The van der Waals surface area contributed by atoms with E-state index < -0.39 is 0 Å². The van der Waals surface area contributed by atoms with Gasteiger partial charge in [0.15, 0.2) is 11.5 Å². The van der Waals surface area contributed by atoms with Crippen LogP contribution >= 0.6 is 0 Å². The molecule has 0 bridgehead atoms. The number of pyridine rings is 1. The molecule has 9 heteroatoms. The number of carbonyl (C=O) groups is 1. The predicted octanol–water partition coefficient (Wildman–Crippen LogP) is 2.88. The van der Waals surface area contributed by atoms with Crippen molar-refractivity contribution in [1.29, 1.82) is 0 Å². The maximum absolute atomic E-state index is 13.0. The lowest BCUT2D eigenvalue weighted by Gasteiger charge is -2.40. The molecular formula is C30H37N3O6. The number of hydrogen-bond acceptors (Lipinski definition) is 8. The smallest absolute Gasteiger partial charge is 0.324 e. The van der Waals surface area contributed by atoms with Gasteiger partial charge in [-0.2, -0.15) is 0 Å². The molecule has 0 amide bonds. The number of esters is 1. The van der Waals surface area contributed by atoms with E-state index in [1.165, 1.54) is 0 Å². The number of carbonyl (C=O) groups excluding carboxylic acids is 1. The van der Waals surface area contributed by atoms with Gasteiger partial charge in [0.2, 0.25) is 0 Å². The molecule has 39 heavy (non-hydrogen) atoms. The molecule has 0 aliphatic carbocycles. The lowest BCUT2D eigenvalue weighted by Crippen LogP contribution is -2.57. The summed E-state index contributed by atoms with van der Waals surface area (Å²) in [5.41, 5.74) is 2.92.